The Morgan fingerprint density at radius 2 is 2.00 bits per heavy atom. The Balaban J connectivity index is 1.44. The molecule has 0 spiro atoms. The molecule has 0 saturated carbocycles. The SMILES string of the molecule is CC1=CCN(CCNC(=O)c2c(=O)c3ccc(N4CCOCC4)nc3n3c2sc2ccccc23)C1. The minimum absolute atomic E-state index is 0.190. The Bertz CT molecular complexity index is 1530. The van der Waals surface area contributed by atoms with Crippen molar-refractivity contribution in [2.45, 2.75) is 6.92 Å². The lowest BCUT2D eigenvalue weighted by Crippen LogP contribution is -2.37. The molecule has 0 bridgehead atoms. The molecule has 6 rings (SSSR count). The molecule has 0 unspecified atom stereocenters. The van der Waals surface area contributed by atoms with Crippen molar-refractivity contribution in [1.29, 1.82) is 0 Å². The van der Waals surface area contributed by atoms with E-state index in [0.29, 0.717) is 35.6 Å². The van der Waals surface area contributed by atoms with Gasteiger partial charge >= 0.3 is 0 Å². The van der Waals surface area contributed by atoms with Gasteiger partial charge in [0.2, 0.25) is 5.43 Å². The van der Waals surface area contributed by atoms with Crippen LogP contribution in [0.15, 0.2) is 52.8 Å². The molecular weight excluding hydrogens is 462 g/mol. The third kappa shape index (κ3) is 3.99. The zero-order valence-electron chi connectivity index (χ0n) is 19.6. The van der Waals surface area contributed by atoms with Gasteiger partial charge in [-0.3, -0.25) is 18.9 Å². The molecule has 1 fully saturated rings. The number of morpholine rings is 1. The van der Waals surface area contributed by atoms with Gasteiger partial charge in [-0.2, -0.15) is 0 Å². The smallest absolute Gasteiger partial charge is 0.258 e. The van der Waals surface area contributed by atoms with Crippen LogP contribution >= 0.6 is 11.3 Å². The quantitative estimate of drug-likeness (QED) is 0.435. The average Bonchev–Trinajstić information content (AvgIpc) is 3.47. The number of rotatable bonds is 5. The summed E-state index contributed by atoms with van der Waals surface area (Å²) in [4.78, 5) is 37.0. The maximum absolute atomic E-state index is 13.7. The zero-order valence-corrected chi connectivity index (χ0v) is 20.4. The third-order valence-corrected chi connectivity index (χ3v) is 7.87. The normalized spacial score (nSPS) is 16.9. The maximum atomic E-state index is 13.7. The summed E-state index contributed by atoms with van der Waals surface area (Å²) in [5.74, 6) is 0.484. The predicted molar refractivity (Wildman–Crippen MR) is 140 cm³/mol. The lowest BCUT2D eigenvalue weighted by Gasteiger charge is -2.28. The molecule has 5 heterocycles. The van der Waals surface area contributed by atoms with Crippen LogP contribution in [0, 0.1) is 0 Å². The lowest BCUT2D eigenvalue weighted by molar-refractivity contribution is 0.0950. The van der Waals surface area contributed by atoms with Crippen molar-refractivity contribution in [3.8, 4) is 0 Å². The van der Waals surface area contributed by atoms with Crippen LogP contribution in [-0.2, 0) is 4.74 Å². The molecule has 2 aliphatic heterocycles. The van der Waals surface area contributed by atoms with Crippen molar-refractivity contribution in [1.82, 2.24) is 19.6 Å². The molecule has 1 amide bonds. The van der Waals surface area contributed by atoms with Crippen LogP contribution in [0.3, 0.4) is 0 Å². The van der Waals surface area contributed by atoms with Crippen molar-refractivity contribution in [2.24, 2.45) is 0 Å². The summed E-state index contributed by atoms with van der Waals surface area (Å²) in [6.07, 6.45) is 2.20. The molecule has 8 nitrogen and oxygen atoms in total. The third-order valence-electron chi connectivity index (χ3n) is 6.72. The van der Waals surface area contributed by atoms with E-state index in [1.165, 1.54) is 16.9 Å². The molecule has 1 N–H and O–H groups in total. The number of ether oxygens (including phenoxy) is 1. The van der Waals surface area contributed by atoms with E-state index in [1.807, 2.05) is 40.8 Å². The van der Waals surface area contributed by atoms with E-state index in [1.54, 1.807) is 0 Å². The van der Waals surface area contributed by atoms with E-state index < -0.39 is 0 Å². The summed E-state index contributed by atoms with van der Waals surface area (Å²) in [5.41, 5.74) is 2.79. The monoisotopic (exact) mass is 489 g/mol. The van der Waals surface area contributed by atoms with E-state index >= 15 is 0 Å². The number of amides is 1. The fourth-order valence-electron chi connectivity index (χ4n) is 4.90. The van der Waals surface area contributed by atoms with Gasteiger partial charge in [-0.15, -0.1) is 11.3 Å². The largest absolute Gasteiger partial charge is 0.378 e. The van der Waals surface area contributed by atoms with Gasteiger partial charge in [0.25, 0.3) is 5.91 Å². The molecular formula is C26H27N5O3S. The van der Waals surface area contributed by atoms with Crippen LogP contribution in [0.5, 0.6) is 0 Å². The van der Waals surface area contributed by atoms with E-state index in [2.05, 4.69) is 28.1 Å². The van der Waals surface area contributed by atoms with Gasteiger partial charge < -0.3 is 15.0 Å². The summed E-state index contributed by atoms with van der Waals surface area (Å²) in [6.45, 7) is 8.00. The topological polar surface area (TPSA) is 79.2 Å². The van der Waals surface area contributed by atoms with Gasteiger partial charge in [-0.1, -0.05) is 23.8 Å². The summed E-state index contributed by atoms with van der Waals surface area (Å²) in [5, 5.41) is 3.44. The second-order valence-electron chi connectivity index (χ2n) is 9.10. The van der Waals surface area contributed by atoms with Crippen LogP contribution in [0.25, 0.3) is 26.1 Å². The van der Waals surface area contributed by atoms with Gasteiger partial charge in [0.15, 0.2) is 5.65 Å². The van der Waals surface area contributed by atoms with Gasteiger partial charge in [0.05, 0.1) is 28.8 Å². The molecule has 180 valence electrons. The van der Waals surface area contributed by atoms with Crippen LogP contribution in [0.2, 0.25) is 0 Å². The number of aromatic nitrogens is 2. The first-order valence-corrected chi connectivity index (χ1v) is 12.8. The minimum Gasteiger partial charge on any atom is -0.378 e. The molecule has 4 aromatic rings. The van der Waals surface area contributed by atoms with Crippen LogP contribution in [-0.4, -0.2) is 72.7 Å². The Hall–Kier alpha value is -3.27. The molecule has 3 aromatic heterocycles. The van der Waals surface area contributed by atoms with Gasteiger partial charge in [0.1, 0.15) is 16.2 Å². The Morgan fingerprint density at radius 3 is 2.80 bits per heavy atom. The van der Waals surface area contributed by atoms with Crippen molar-refractivity contribution >= 4 is 49.1 Å². The van der Waals surface area contributed by atoms with Crippen LogP contribution in [0.1, 0.15) is 17.3 Å². The fraction of sp³-hybridized carbons (Fsp3) is 0.346. The molecule has 2 aliphatic rings. The molecule has 0 aliphatic carbocycles. The molecule has 1 aromatic carbocycles. The number of carbonyl (C=O) groups is 1. The number of nitrogens with zero attached hydrogens (tertiary/aromatic N) is 4. The second-order valence-corrected chi connectivity index (χ2v) is 10.1. The summed E-state index contributed by atoms with van der Waals surface area (Å²) < 4.78 is 8.46. The number of benzene rings is 1. The second kappa shape index (κ2) is 9.07. The number of nitrogens with one attached hydrogen (secondary N) is 1. The van der Waals surface area contributed by atoms with Crippen molar-refractivity contribution in [2.75, 3.05) is 57.4 Å². The standard InChI is InChI=1S/C26H27N5O3S/c1-17-8-10-29(16-17)11-9-27-25(33)22-23(32)18-6-7-21(30-12-14-34-15-13-30)28-24(18)31-19-4-2-3-5-20(19)35-26(22)31/h2-8H,9-16H2,1H3,(H,27,33). The van der Waals surface area contributed by atoms with E-state index in [-0.39, 0.29) is 16.9 Å². The van der Waals surface area contributed by atoms with Crippen molar-refractivity contribution in [3.63, 3.8) is 0 Å². The van der Waals surface area contributed by atoms with Gasteiger partial charge in [0, 0.05) is 39.3 Å². The summed E-state index contributed by atoms with van der Waals surface area (Å²) >= 11 is 1.46. The van der Waals surface area contributed by atoms with Crippen molar-refractivity contribution in [3.05, 3.63) is 63.8 Å². The number of hydrogen-bond donors (Lipinski definition) is 1. The van der Waals surface area contributed by atoms with E-state index in [9.17, 15) is 9.59 Å². The first kappa shape index (κ1) is 22.2. The Morgan fingerprint density at radius 1 is 1.17 bits per heavy atom. The number of pyridine rings is 2. The number of carbonyl (C=O) groups excluding carboxylic acids is 1. The zero-order chi connectivity index (χ0) is 23.9. The summed E-state index contributed by atoms with van der Waals surface area (Å²) in [6, 6.07) is 11.6. The molecule has 1 saturated heterocycles. The number of para-hydroxylation sites is 1. The van der Waals surface area contributed by atoms with Gasteiger partial charge in [-0.25, -0.2) is 4.98 Å². The minimum atomic E-state index is -0.331. The molecule has 0 atom stereocenters. The highest BCUT2D eigenvalue weighted by Gasteiger charge is 2.24. The molecule has 35 heavy (non-hydrogen) atoms. The van der Waals surface area contributed by atoms with Crippen LogP contribution < -0.4 is 15.6 Å². The number of hydrogen-bond acceptors (Lipinski definition) is 7. The number of thiazole rings is 1. The average molecular weight is 490 g/mol. The highest BCUT2D eigenvalue weighted by Crippen LogP contribution is 2.31. The van der Waals surface area contributed by atoms with E-state index in [0.717, 1.165) is 48.8 Å². The first-order valence-electron chi connectivity index (χ1n) is 12.0. The predicted octanol–water partition coefficient (Wildman–Crippen LogP) is 2.89. The number of fused-ring (bicyclic) bond motifs is 5. The number of anilines is 1. The lowest BCUT2D eigenvalue weighted by atomic mass is 10.1. The Kier molecular flexibility index (Phi) is 5.75. The summed E-state index contributed by atoms with van der Waals surface area (Å²) in [7, 11) is 0. The van der Waals surface area contributed by atoms with E-state index in [4.69, 9.17) is 9.72 Å². The molecule has 0 radical (unpaired) electrons. The molecule has 9 heteroatoms. The van der Waals surface area contributed by atoms with Crippen molar-refractivity contribution < 1.29 is 9.53 Å². The van der Waals surface area contributed by atoms with Crippen LogP contribution in [0.4, 0.5) is 5.82 Å². The first-order chi connectivity index (χ1) is 17.1. The maximum Gasteiger partial charge on any atom is 0.258 e. The fourth-order valence-corrected chi connectivity index (χ4v) is 6.08. The highest BCUT2D eigenvalue weighted by molar-refractivity contribution is 7.24. The van der Waals surface area contributed by atoms with Gasteiger partial charge in [-0.05, 0) is 31.2 Å². The Labute approximate surface area is 206 Å². The highest BCUT2D eigenvalue weighted by atomic mass is 32.1.